The average Bonchev–Trinajstić information content (AvgIpc) is 2.34. The van der Waals surface area contributed by atoms with Gasteiger partial charge < -0.3 is 10.4 Å². The minimum Gasteiger partial charge on any atom is -0.395 e. The SMILES string of the molecule is CC[C@H](CO)NC1CCN(CC=C(C)C)CC1. The molecule has 1 aliphatic heterocycles. The number of nitrogens with zero attached hydrogens (tertiary/aromatic N) is 1. The molecule has 1 aliphatic rings. The largest absolute Gasteiger partial charge is 0.395 e. The van der Waals surface area contributed by atoms with Crippen LogP contribution >= 0.6 is 0 Å². The summed E-state index contributed by atoms with van der Waals surface area (Å²) < 4.78 is 0. The van der Waals surface area contributed by atoms with Crippen molar-refractivity contribution in [1.29, 1.82) is 0 Å². The first-order valence-electron chi connectivity index (χ1n) is 6.88. The highest BCUT2D eigenvalue weighted by molar-refractivity contribution is 4.95. The molecule has 0 saturated carbocycles. The third kappa shape index (κ3) is 5.66. The summed E-state index contributed by atoms with van der Waals surface area (Å²) in [7, 11) is 0. The molecule has 0 spiro atoms. The Balaban J connectivity index is 2.23. The normalized spacial score (nSPS) is 20.2. The lowest BCUT2D eigenvalue weighted by Gasteiger charge is -2.33. The van der Waals surface area contributed by atoms with Gasteiger partial charge in [-0.3, -0.25) is 4.90 Å². The van der Waals surface area contributed by atoms with Crippen molar-refractivity contribution < 1.29 is 5.11 Å². The van der Waals surface area contributed by atoms with E-state index in [2.05, 4.69) is 37.1 Å². The topological polar surface area (TPSA) is 35.5 Å². The minimum absolute atomic E-state index is 0.258. The highest BCUT2D eigenvalue weighted by Gasteiger charge is 2.20. The molecule has 0 aromatic heterocycles. The van der Waals surface area contributed by atoms with Crippen LogP contribution in [-0.4, -0.2) is 48.3 Å². The zero-order valence-electron chi connectivity index (χ0n) is 11.6. The van der Waals surface area contributed by atoms with Gasteiger partial charge in [0.25, 0.3) is 0 Å². The molecule has 3 heteroatoms. The second-order valence-electron chi connectivity index (χ2n) is 5.31. The summed E-state index contributed by atoms with van der Waals surface area (Å²) in [6.07, 6.45) is 5.71. The quantitative estimate of drug-likeness (QED) is 0.695. The second-order valence-corrected chi connectivity index (χ2v) is 5.31. The van der Waals surface area contributed by atoms with Gasteiger partial charge in [-0.25, -0.2) is 0 Å². The van der Waals surface area contributed by atoms with E-state index < -0.39 is 0 Å². The molecule has 0 bridgehead atoms. The maximum atomic E-state index is 9.17. The number of rotatable bonds is 6. The standard InChI is InChI=1S/C14H28N2O/c1-4-13(11-17)15-14-6-9-16(10-7-14)8-5-12(2)3/h5,13-15,17H,4,6-11H2,1-3H3/t13-/m1/s1. The summed E-state index contributed by atoms with van der Waals surface area (Å²) in [6, 6.07) is 0.874. The van der Waals surface area contributed by atoms with Crippen molar-refractivity contribution in [3.63, 3.8) is 0 Å². The Bertz CT molecular complexity index is 224. The summed E-state index contributed by atoms with van der Waals surface area (Å²) in [5.74, 6) is 0. The first-order chi connectivity index (χ1) is 8.15. The van der Waals surface area contributed by atoms with Gasteiger partial charge in [-0.05, 0) is 46.2 Å². The molecule has 1 saturated heterocycles. The van der Waals surface area contributed by atoms with Gasteiger partial charge in [0.1, 0.15) is 0 Å². The molecule has 100 valence electrons. The lowest BCUT2D eigenvalue weighted by Crippen LogP contribution is -2.47. The zero-order chi connectivity index (χ0) is 12.7. The molecular formula is C14H28N2O. The number of aliphatic hydroxyl groups is 1. The van der Waals surface area contributed by atoms with E-state index in [0.717, 1.165) is 13.0 Å². The Morgan fingerprint density at radius 1 is 1.41 bits per heavy atom. The lowest BCUT2D eigenvalue weighted by molar-refractivity contribution is 0.179. The van der Waals surface area contributed by atoms with Crippen LogP contribution in [0, 0.1) is 0 Å². The van der Waals surface area contributed by atoms with Crippen LogP contribution in [0.25, 0.3) is 0 Å². The van der Waals surface area contributed by atoms with Gasteiger partial charge in [0.2, 0.25) is 0 Å². The Kier molecular flexibility index (Phi) is 6.78. The van der Waals surface area contributed by atoms with Crippen molar-refractivity contribution >= 4 is 0 Å². The van der Waals surface area contributed by atoms with Crippen molar-refractivity contribution in [3.05, 3.63) is 11.6 Å². The van der Waals surface area contributed by atoms with Gasteiger partial charge in [-0.1, -0.05) is 18.6 Å². The van der Waals surface area contributed by atoms with Crippen LogP contribution in [-0.2, 0) is 0 Å². The van der Waals surface area contributed by atoms with Crippen LogP contribution in [0.3, 0.4) is 0 Å². The maximum absolute atomic E-state index is 9.17. The minimum atomic E-state index is 0.258. The van der Waals surface area contributed by atoms with E-state index in [1.807, 2.05) is 0 Å². The fourth-order valence-electron chi connectivity index (χ4n) is 2.23. The second kappa shape index (κ2) is 7.85. The number of nitrogens with one attached hydrogen (secondary N) is 1. The molecule has 3 nitrogen and oxygen atoms in total. The predicted molar refractivity (Wildman–Crippen MR) is 73.2 cm³/mol. The highest BCUT2D eigenvalue weighted by Crippen LogP contribution is 2.11. The zero-order valence-corrected chi connectivity index (χ0v) is 11.6. The molecular weight excluding hydrogens is 212 g/mol. The van der Waals surface area contributed by atoms with Crippen molar-refractivity contribution in [2.75, 3.05) is 26.2 Å². The van der Waals surface area contributed by atoms with E-state index in [-0.39, 0.29) is 12.6 Å². The molecule has 17 heavy (non-hydrogen) atoms. The van der Waals surface area contributed by atoms with Crippen LogP contribution in [0.5, 0.6) is 0 Å². The van der Waals surface area contributed by atoms with E-state index in [4.69, 9.17) is 0 Å². The van der Waals surface area contributed by atoms with Crippen molar-refractivity contribution in [2.45, 2.75) is 52.1 Å². The van der Waals surface area contributed by atoms with Crippen LogP contribution in [0.2, 0.25) is 0 Å². The van der Waals surface area contributed by atoms with Gasteiger partial charge in [0, 0.05) is 18.6 Å². The van der Waals surface area contributed by atoms with E-state index in [1.54, 1.807) is 0 Å². The Morgan fingerprint density at radius 3 is 2.53 bits per heavy atom. The molecule has 1 heterocycles. The summed E-state index contributed by atoms with van der Waals surface area (Å²) in [6.45, 7) is 10.1. The first-order valence-corrected chi connectivity index (χ1v) is 6.88. The van der Waals surface area contributed by atoms with E-state index in [1.165, 1.54) is 31.5 Å². The fourth-order valence-corrected chi connectivity index (χ4v) is 2.23. The van der Waals surface area contributed by atoms with Crippen LogP contribution in [0.15, 0.2) is 11.6 Å². The molecule has 0 radical (unpaired) electrons. The van der Waals surface area contributed by atoms with Crippen molar-refractivity contribution in [2.24, 2.45) is 0 Å². The summed E-state index contributed by atoms with van der Waals surface area (Å²) >= 11 is 0. The van der Waals surface area contributed by atoms with Crippen molar-refractivity contribution in [1.82, 2.24) is 10.2 Å². The Hall–Kier alpha value is -0.380. The summed E-state index contributed by atoms with van der Waals surface area (Å²) in [4.78, 5) is 2.51. The van der Waals surface area contributed by atoms with Crippen LogP contribution in [0.1, 0.15) is 40.0 Å². The lowest BCUT2D eigenvalue weighted by atomic mass is 10.0. The molecule has 1 atom stereocenters. The van der Waals surface area contributed by atoms with Crippen molar-refractivity contribution in [3.8, 4) is 0 Å². The van der Waals surface area contributed by atoms with E-state index in [0.29, 0.717) is 6.04 Å². The molecule has 0 amide bonds. The molecule has 1 rings (SSSR count). The smallest absolute Gasteiger partial charge is 0.0584 e. The van der Waals surface area contributed by atoms with Gasteiger partial charge in [0.05, 0.1) is 6.61 Å². The third-order valence-electron chi connectivity index (χ3n) is 3.53. The number of allylic oxidation sites excluding steroid dienone is 1. The summed E-state index contributed by atoms with van der Waals surface area (Å²) in [5, 5.41) is 12.7. The highest BCUT2D eigenvalue weighted by atomic mass is 16.3. The van der Waals surface area contributed by atoms with E-state index >= 15 is 0 Å². The number of likely N-dealkylation sites (tertiary alicyclic amines) is 1. The Labute approximate surface area is 106 Å². The Morgan fingerprint density at radius 2 is 2.06 bits per heavy atom. The van der Waals surface area contributed by atoms with Gasteiger partial charge in [-0.15, -0.1) is 0 Å². The van der Waals surface area contributed by atoms with Crippen LogP contribution < -0.4 is 5.32 Å². The van der Waals surface area contributed by atoms with Gasteiger partial charge in [0.15, 0.2) is 0 Å². The fraction of sp³-hybridized carbons (Fsp3) is 0.857. The number of hydrogen-bond acceptors (Lipinski definition) is 3. The molecule has 0 unspecified atom stereocenters. The molecule has 2 N–H and O–H groups in total. The van der Waals surface area contributed by atoms with Gasteiger partial charge >= 0.3 is 0 Å². The summed E-state index contributed by atoms with van der Waals surface area (Å²) in [5.41, 5.74) is 1.40. The van der Waals surface area contributed by atoms with Crippen LogP contribution in [0.4, 0.5) is 0 Å². The number of piperidine rings is 1. The molecule has 0 aromatic carbocycles. The third-order valence-corrected chi connectivity index (χ3v) is 3.53. The predicted octanol–water partition coefficient (Wildman–Crippen LogP) is 1.78. The molecule has 1 fully saturated rings. The van der Waals surface area contributed by atoms with Gasteiger partial charge in [-0.2, -0.15) is 0 Å². The first kappa shape index (κ1) is 14.7. The molecule has 0 aliphatic carbocycles. The van der Waals surface area contributed by atoms with E-state index in [9.17, 15) is 5.11 Å². The number of hydrogen-bond donors (Lipinski definition) is 2. The molecule has 0 aromatic rings. The monoisotopic (exact) mass is 240 g/mol. The maximum Gasteiger partial charge on any atom is 0.0584 e. The number of aliphatic hydroxyl groups excluding tert-OH is 1. The average molecular weight is 240 g/mol.